The molecule has 0 saturated heterocycles. The first-order valence-electron chi connectivity index (χ1n) is 9.83. The lowest BCUT2D eigenvalue weighted by molar-refractivity contribution is -0.120. The number of ether oxygens (including phenoxy) is 1. The van der Waals surface area contributed by atoms with E-state index >= 15 is 0 Å². The molecule has 6 nitrogen and oxygen atoms in total. The van der Waals surface area contributed by atoms with Gasteiger partial charge in [0.2, 0.25) is 5.91 Å². The van der Waals surface area contributed by atoms with Crippen molar-refractivity contribution in [2.45, 2.75) is 41.7 Å². The number of esters is 1. The van der Waals surface area contributed by atoms with Gasteiger partial charge in [-0.2, -0.15) is 0 Å². The lowest BCUT2D eigenvalue weighted by Crippen LogP contribution is -2.52. The minimum absolute atomic E-state index is 0.114. The van der Waals surface area contributed by atoms with E-state index in [2.05, 4.69) is 0 Å². The maximum atomic E-state index is 13.7. The standard InChI is InChI=1S/C22H22ClNO5S/c1-29-20(25)16-4-9-19-15(14-16)10-13-24(19)21(26)22(11-2-3-12-22)30(27,28)18-7-5-17(23)6-8-18/h4-9,14H,2-3,10-13H2,1H3. The molecule has 2 aromatic rings. The fourth-order valence-corrected chi connectivity index (χ4v) is 6.72. The molecule has 1 heterocycles. The van der Waals surface area contributed by atoms with Crippen molar-refractivity contribution in [1.29, 1.82) is 0 Å². The molecule has 1 fully saturated rings. The summed E-state index contributed by atoms with van der Waals surface area (Å²) in [6.07, 6.45) is 2.51. The van der Waals surface area contributed by atoms with Crippen molar-refractivity contribution in [3.05, 3.63) is 58.6 Å². The third-order valence-electron chi connectivity index (χ3n) is 6.08. The van der Waals surface area contributed by atoms with Crippen LogP contribution in [0.3, 0.4) is 0 Å². The molecule has 1 amide bonds. The summed E-state index contributed by atoms with van der Waals surface area (Å²) in [6, 6.07) is 11.0. The van der Waals surface area contributed by atoms with Crippen molar-refractivity contribution >= 4 is 39.0 Å². The van der Waals surface area contributed by atoms with Gasteiger partial charge < -0.3 is 9.64 Å². The number of hydrogen-bond acceptors (Lipinski definition) is 5. The third-order valence-corrected chi connectivity index (χ3v) is 8.84. The molecule has 1 aliphatic carbocycles. The molecular formula is C22H22ClNO5S. The Bertz CT molecular complexity index is 1100. The van der Waals surface area contributed by atoms with Gasteiger partial charge in [-0.15, -0.1) is 0 Å². The van der Waals surface area contributed by atoms with Gasteiger partial charge in [0.1, 0.15) is 0 Å². The number of fused-ring (bicyclic) bond motifs is 1. The maximum absolute atomic E-state index is 13.7. The number of anilines is 1. The number of benzene rings is 2. The lowest BCUT2D eigenvalue weighted by Gasteiger charge is -2.32. The first-order valence-corrected chi connectivity index (χ1v) is 11.7. The highest BCUT2D eigenvalue weighted by Crippen LogP contribution is 2.44. The van der Waals surface area contributed by atoms with Crippen LogP contribution in [0.15, 0.2) is 47.4 Å². The van der Waals surface area contributed by atoms with Crippen LogP contribution in [0.1, 0.15) is 41.6 Å². The van der Waals surface area contributed by atoms with Gasteiger partial charge in [0.25, 0.3) is 0 Å². The monoisotopic (exact) mass is 447 g/mol. The Hall–Kier alpha value is -2.38. The third kappa shape index (κ3) is 3.20. The number of hydrogen-bond donors (Lipinski definition) is 0. The Morgan fingerprint density at radius 1 is 1.07 bits per heavy atom. The van der Waals surface area contributed by atoms with Crippen LogP contribution in [0.5, 0.6) is 0 Å². The maximum Gasteiger partial charge on any atom is 0.337 e. The first-order chi connectivity index (χ1) is 14.3. The van der Waals surface area contributed by atoms with E-state index in [9.17, 15) is 18.0 Å². The van der Waals surface area contributed by atoms with Crippen LogP contribution in [-0.2, 0) is 25.8 Å². The molecule has 2 aromatic carbocycles. The van der Waals surface area contributed by atoms with Crippen LogP contribution in [-0.4, -0.2) is 38.7 Å². The van der Waals surface area contributed by atoms with Crippen LogP contribution < -0.4 is 4.90 Å². The lowest BCUT2D eigenvalue weighted by atomic mass is 10.0. The van der Waals surface area contributed by atoms with Crippen LogP contribution in [0.2, 0.25) is 5.02 Å². The van der Waals surface area contributed by atoms with Crippen molar-refractivity contribution in [1.82, 2.24) is 0 Å². The summed E-state index contributed by atoms with van der Waals surface area (Å²) in [5.41, 5.74) is 1.91. The zero-order valence-corrected chi connectivity index (χ0v) is 18.1. The van der Waals surface area contributed by atoms with Crippen LogP contribution in [0.4, 0.5) is 5.69 Å². The Morgan fingerprint density at radius 2 is 1.73 bits per heavy atom. The Kier molecular flexibility index (Phi) is 5.36. The number of nitrogens with zero attached hydrogens (tertiary/aromatic N) is 1. The van der Waals surface area contributed by atoms with E-state index in [0.29, 0.717) is 54.9 Å². The van der Waals surface area contributed by atoms with E-state index in [1.165, 1.54) is 31.4 Å². The van der Waals surface area contributed by atoms with E-state index in [1.54, 1.807) is 23.1 Å². The zero-order valence-electron chi connectivity index (χ0n) is 16.6. The molecule has 1 saturated carbocycles. The smallest absolute Gasteiger partial charge is 0.337 e. The first kappa shape index (κ1) is 20.9. The number of methoxy groups -OCH3 is 1. The Balaban J connectivity index is 1.73. The molecule has 1 aliphatic heterocycles. The molecule has 4 rings (SSSR count). The van der Waals surface area contributed by atoms with Crippen LogP contribution in [0.25, 0.3) is 0 Å². The SMILES string of the molecule is COC(=O)c1ccc2c(c1)CCN2C(=O)C1(S(=O)(=O)c2ccc(Cl)cc2)CCCC1. The number of amides is 1. The number of carbonyl (C=O) groups is 2. The van der Waals surface area contributed by atoms with Gasteiger partial charge in [0.15, 0.2) is 14.6 Å². The summed E-state index contributed by atoms with van der Waals surface area (Å²) < 4.78 is 30.5. The summed E-state index contributed by atoms with van der Waals surface area (Å²) >= 11 is 5.92. The van der Waals surface area contributed by atoms with Gasteiger partial charge in [-0.05, 0) is 67.3 Å². The molecule has 0 aromatic heterocycles. The van der Waals surface area contributed by atoms with E-state index in [-0.39, 0.29) is 10.8 Å². The van der Waals surface area contributed by atoms with Crippen molar-refractivity contribution in [3.8, 4) is 0 Å². The van der Waals surface area contributed by atoms with Crippen molar-refractivity contribution in [2.75, 3.05) is 18.6 Å². The highest BCUT2D eigenvalue weighted by atomic mass is 35.5. The van der Waals surface area contributed by atoms with E-state index in [0.717, 1.165) is 5.56 Å². The minimum atomic E-state index is -3.91. The normalized spacial score (nSPS) is 17.6. The van der Waals surface area contributed by atoms with Gasteiger partial charge in [0.05, 0.1) is 17.6 Å². The topological polar surface area (TPSA) is 80.8 Å². The molecule has 0 N–H and O–H groups in total. The number of carbonyl (C=O) groups excluding carboxylic acids is 2. The second-order valence-electron chi connectivity index (χ2n) is 7.70. The fourth-order valence-electron chi connectivity index (χ4n) is 4.49. The molecule has 0 spiro atoms. The average Bonchev–Trinajstić information content (AvgIpc) is 3.41. The van der Waals surface area contributed by atoms with Crippen molar-refractivity contribution < 1.29 is 22.7 Å². The van der Waals surface area contributed by atoms with Gasteiger partial charge >= 0.3 is 5.97 Å². The molecule has 0 unspecified atom stereocenters. The van der Waals surface area contributed by atoms with Gasteiger partial charge in [-0.1, -0.05) is 24.4 Å². The number of sulfone groups is 1. The summed E-state index contributed by atoms with van der Waals surface area (Å²) in [5, 5.41) is 0.440. The van der Waals surface area contributed by atoms with Crippen LogP contribution >= 0.6 is 11.6 Å². The van der Waals surface area contributed by atoms with Gasteiger partial charge in [-0.3, -0.25) is 4.79 Å². The van der Waals surface area contributed by atoms with Crippen molar-refractivity contribution in [2.24, 2.45) is 0 Å². The Morgan fingerprint density at radius 3 is 2.37 bits per heavy atom. The van der Waals surface area contributed by atoms with E-state index < -0.39 is 20.6 Å². The fraction of sp³-hybridized carbons (Fsp3) is 0.364. The number of rotatable bonds is 4. The predicted molar refractivity (Wildman–Crippen MR) is 114 cm³/mol. The highest BCUT2D eigenvalue weighted by molar-refractivity contribution is 7.93. The second kappa shape index (κ2) is 7.71. The number of halogens is 1. The minimum Gasteiger partial charge on any atom is -0.465 e. The molecule has 8 heteroatoms. The van der Waals surface area contributed by atoms with Crippen molar-refractivity contribution in [3.63, 3.8) is 0 Å². The van der Waals surface area contributed by atoms with Crippen LogP contribution in [0, 0.1) is 0 Å². The quantitative estimate of drug-likeness (QED) is 0.666. The molecule has 30 heavy (non-hydrogen) atoms. The average molecular weight is 448 g/mol. The summed E-state index contributed by atoms with van der Waals surface area (Å²) in [6.45, 7) is 0.386. The summed E-state index contributed by atoms with van der Waals surface area (Å²) in [5.74, 6) is -0.834. The summed E-state index contributed by atoms with van der Waals surface area (Å²) in [7, 11) is -2.59. The molecule has 2 aliphatic rings. The van der Waals surface area contributed by atoms with E-state index in [4.69, 9.17) is 16.3 Å². The zero-order chi connectivity index (χ0) is 21.5. The molecule has 158 valence electrons. The summed E-state index contributed by atoms with van der Waals surface area (Å²) in [4.78, 5) is 27.2. The Labute approximate surface area is 180 Å². The molecule has 0 radical (unpaired) electrons. The van der Waals surface area contributed by atoms with E-state index in [1.807, 2.05) is 0 Å². The highest BCUT2D eigenvalue weighted by Gasteiger charge is 2.55. The predicted octanol–water partition coefficient (Wildman–Crippen LogP) is 3.80. The molecule has 0 atom stereocenters. The molecular weight excluding hydrogens is 426 g/mol. The van der Waals surface area contributed by atoms with Gasteiger partial charge in [0, 0.05) is 17.3 Å². The second-order valence-corrected chi connectivity index (χ2v) is 10.4. The largest absolute Gasteiger partial charge is 0.465 e. The van der Waals surface area contributed by atoms with Gasteiger partial charge in [-0.25, -0.2) is 13.2 Å². The molecule has 0 bridgehead atoms.